The van der Waals surface area contributed by atoms with E-state index in [0.29, 0.717) is 43.2 Å². The Morgan fingerprint density at radius 2 is 2.03 bits per heavy atom. The van der Waals surface area contributed by atoms with Crippen LogP contribution in [0.2, 0.25) is 5.02 Å². The summed E-state index contributed by atoms with van der Waals surface area (Å²) in [6, 6.07) is 10.4. The van der Waals surface area contributed by atoms with Crippen LogP contribution in [0.1, 0.15) is 12.5 Å². The SMILES string of the molecule is CCOc1cc(/C=C2\SC(=Nc3ccc(Cl)cc3)NC2=O)cc(Br)c1OCC(=O)O. The fraction of sp³-hybridized carbons (Fsp3) is 0.150. The molecule has 2 aromatic rings. The first-order valence-electron chi connectivity index (χ1n) is 8.71. The molecule has 0 spiro atoms. The van der Waals surface area contributed by atoms with Gasteiger partial charge in [-0.15, -0.1) is 0 Å². The number of rotatable bonds is 7. The maximum atomic E-state index is 12.3. The first-order chi connectivity index (χ1) is 14.4. The summed E-state index contributed by atoms with van der Waals surface area (Å²) >= 11 is 10.5. The number of carboxylic acids is 1. The third kappa shape index (κ3) is 5.78. The summed E-state index contributed by atoms with van der Waals surface area (Å²) in [6.07, 6.45) is 1.69. The third-order valence-electron chi connectivity index (χ3n) is 3.68. The molecule has 1 heterocycles. The van der Waals surface area contributed by atoms with Crippen molar-refractivity contribution in [2.75, 3.05) is 13.2 Å². The van der Waals surface area contributed by atoms with Gasteiger partial charge in [-0.2, -0.15) is 0 Å². The number of aliphatic imine (C=N–C) groups is 1. The number of nitrogens with one attached hydrogen (secondary N) is 1. The van der Waals surface area contributed by atoms with Crippen LogP contribution in [-0.4, -0.2) is 35.4 Å². The van der Waals surface area contributed by atoms with Crippen LogP contribution in [-0.2, 0) is 9.59 Å². The minimum atomic E-state index is -1.10. The zero-order valence-corrected chi connectivity index (χ0v) is 18.8. The van der Waals surface area contributed by atoms with Crippen molar-refractivity contribution in [3.63, 3.8) is 0 Å². The van der Waals surface area contributed by atoms with Gasteiger partial charge in [-0.25, -0.2) is 9.79 Å². The number of carboxylic acid groups (broad SMARTS) is 1. The summed E-state index contributed by atoms with van der Waals surface area (Å²) < 4.78 is 11.4. The molecule has 0 unspecified atom stereocenters. The van der Waals surface area contributed by atoms with Crippen LogP contribution in [0, 0.1) is 0 Å². The highest BCUT2D eigenvalue weighted by Gasteiger charge is 2.24. The molecule has 0 saturated carbocycles. The molecule has 0 radical (unpaired) electrons. The molecule has 0 aliphatic carbocycles. The molecule has 1 amide bonds. The van der Waals surface area contributed by atoms with Gasteiger partial charge >= 0.3 is 5.97 Å². The average Bonchev–Trinajstić information content (AvgIpc) is 3.02. The van der Waals surface area contributed by atoms with Crippen LogP contribution in [0.3, 0.4) is 0 Å². The molecular formula is C20H16BrClN2O5S. The van der Waals surface area contributed by atoms with Crippen LogP contribution >= 0.6 is 39.3 Å². The van der Waals surface area contributed by atoms with E-state index < -0.39 is 12.6 Å². The topological polar surface area (TPSA) is 97.2 Å². The summed E-state index contributed by atoms with van der Waals surface area (Å²) in [7, 11) is 0. The standard InChI is InChI=1S/C20H16BrClN2O5S/c1-2-28-15-8-11(7-14(21)18(15)29-10-17(25)26)9-16-19(27)24-20(30-16)23-13-5-3-12(22)4-6-13/h3-9H,2,10H2,1H3,(H,25,26)(H,23,24,27)/b16-9-. The number of carbonyl (C=O) groups excluding carboxylic acids is 1. The number of thioether (sulfide) groups is 1. The lowest BCUT2D eigenvalue weighted by Gasteiger charge is -2.13. The summed E-state index contributed by atoms with van der Waals surface area (Å²) in [4.78, 5) is 28.0. The first-order valence-corrected chi connectivity index (χ1v) is 10.7. The minimum Gasteiger partial charge on any atom is -0.490 e. The number of benzene rings is 2. The minimum absolute atomic E-state index is 0.270. The Morgan fingerprint density at radius 3 is 2.70 bits per heavy atom. The molecule has 7 nitrogen and oxygen atoms in total. The maximum Gasteiger partial charge on any atom is 0.341 e. The average molecular weight is 512 g/mol. The van der Waals surface area contributed by atoms with Gasteiger partial charge in [0.05, 0.1) is 21.7 Å². The van der Waals surface area contributed by atoms with E-state index in [1.165, 1.54) is 11.8 Å². The van der Waals surface area contributed by atoms with Crippen molar-refractivity contribution in [3.05, 3.63) is 56.4 Å². The molecule has 1 aliphatic rings. The third-order valence-corrected chi connectivity index (χ3v) is 5.43. The van der Waals surface area contributed by atoms with E-state index in [-0.39, 0.29) is 11.7 Å². The molecule has 30 heavy (non-hydrogen) atoms. The van der Waals surface area contributed by atoms with Gasteiger partial charge in [-0.3, -0.25) is 4.79 Å². The van der Waals surface area contributed by atoms with Crippen molar-refractivity contribution >= 4 is 68.1 Å². The van der Waals surface area contributed by atoms with Crippen LogP contribution in [0.5, 0.6) is 11.5 Å². The van der Waals surface area contributed by atoms with Crippen LogP contribution < -0.4 is 14.8 Å². The van der Waals surface area contributed by atoms with E-state index in [0.717, 1.165) is 0 Å². The second-order valence-corrected chi connectivity index (χ2v) is 8.22. The highest BCUT2D eigenvalue weighted by Crippen LogP contribution is 2.38. The van der Waals surface area contributed by atoms with Crippen LogP contribution in [0.25, 0.3) is 6.08 Å². The Hall–Kier alpha value is -2.49. The maximum absolute atomic E-state index is 12.3. The molecule has 2 N–H and O–H groups in total. The van der Waals surface area contributed by atoms with Gasteiger partial charge in [-0.1, -0.05) is 11.6 Å². The van der Waals surface area contributed by atoms with Gasteiger partial charge in [0.25, 0.3) is 5.91 Å². The number of hydrogen-bond donors (Lipinski definition) is 2. The number of ether oxygens (including phenoxy) is 2. The molecule has 1 fully saturated rings. The Labute approximate surface area is 190 Å². The highest BCUT2D eigenvalue weighted by molar-refractivity contribution is 9.10. The normalized spacial score (nSPS) is 16.0. The van der Waals surface area contributed by atoms with Gasteiger partial charge in [-0.05, 0) is 82.7 Å². The summed E-state index contributed by atoms with van der Waals surface area (Å²) in [5, 5.41) is 12.6. The van der Waals surface area contributed by atoms with Gasteiger partial charge < -0.3 is 19.9 Å². The quantitative estimate of drug-likeness (QED) is 0.516. The van der Waals surface area contributed by atoms with E-state index in [1.807, 2.05) is 0 Å². The molecular weight excluding hydrogens is 496 g/mol. The van der Waals surface area contributed by atoms with Crippen molar-refractivity contribution in [1.29, 1.82) is 0 Å². The van der Waals surface area contributed by atoms with E-state index in [4.69, 9.17) is 26.2 Å². The largest absolute Gasteiger partial charge is 0.490 e. The van der Waals surface area contributed by atoms with Crippen molar-refractivity contribution in [2.45, 2.75) is 6.92 Å². The zero-order chi connectivity index (χ0) is 21.7. The second-order valence-electron chi connectivity index (χ2n) is 5.90. The first kappa shape index (κ1) is 22.2. The number of amidine groups is 1. The van der Waals surface area contributed by atoms with Crippen molar-refractivity contribution < 1.29 is 24.2 Å². The predicted octanol–water partition coefficient (Wildman–Crippen LogP) is 4.86. The van der Waals surface area contributed by atoms with Crippen LogP contribution in [0.4, 0.5) is 5.69 Å². The number of amides is 1. The van der Waals surface area contributed by atoms with E-state index in [2.05, 4.69) is 26.2 Å². The lowest BCUT2D eigenvalue weighted by atomic mass is 10.2. The fourth-order valence-electron chi connectivity index (χ4n) is 2.47. The Bertz CT molecular complexity index is 1040. The molecule has 0 bridgehead atoms. The summed E-state index contributed by atoms with van der Waals surface area (Å²) in [6.45, 7) is 1.67. The van der Waals surface area contributed by atoms with Gasteiger partial charge in [0.2, 0.25) is 0 Å². The predicted molar refractivity (Wildman–Crippen MR) is 121 cm³/mol. The Balaban J connectivity index is 1.85. The highest BCUT2D eigenvalue weighted by atomic mass is 79.9. The van der Waals surface area contributed by atoms with Gasteiger partial charge in [0, 0.05) is 5.02 Å². The molecule has 3 rings (SSSR count). The lowest BCUT2D eigenvalue weighted by molar-refractivity contribution is -0.139. The van der Waals surface area contributed by atoms with E-state index in [1.54, 1.807) is 49.4 Å². The number of aliphatic carboxylic acids is 1. The van der Waals surface area contributed by atoms with Crippen LogP contribution in [0.15, 0.2) is 50.8 Å². The molecule has 1 saturated heterocycles. The van der Waals surface area contributed by atoms with Gasteiger partial charge in [0.1, 0.15) is 0 Å². The molecule has 2 aromatic carbocycles. The molecule has 156 valence electrons. The number of nitrogens with zero attached hydrogens (tertiary/aromatic N) is 1. The summed E-state index contributed by atoms with van der Waals surface area (Å²) in [5.74, 6) is -0.705. The smallest absolute Gasteiger partial charge is 0.341 e. The molecule has 10 heteroatoms. The lowest BCUT2D eigenvalue weighted by Crippen LogP contribution is -2.19. The molecule has 0 atom stereocenters. The van der Waals surface area contributed by atoms with Crippen molar-refractivity contribution in [3.8, 4) is 11.5 Å². The molecule has 0 aromatic heterocycles. The van der Waals surface area contributed by atoms with E-state index in [9.17, 15) is 9.59 Å². The zero-order valence-electron chi connectivity index (χ0n) is 15.6. The van der Waals surface area contributed by atoms with Crippen molar-refractivity contribution in [2.24, 2.45) is 4.99 Å². The number of carbonyl (C=O) groups is 2. The molecule has 1 aliphatic heterocycles. The summed E-state index contributed by atoms with van der Waals surface area (Å²) in [5.41, 5.74) is 1.35. The fourth-order valence-corrected chi connectivity index (χ4v) is 4.01. The van der Waals surface area contributed by atoms with Crippen molar-refractivity contribution in [1.82, 2.24) is 5.32 Å². The second kappa shape index (κ2) is 10.0. The number of halogens is 2. The number of hydrogen-bond acceptors (Lipinski definition) is 6. The Kier molecular flexibility index (Phi) is 7.41. The van der Waals surface area contributed by atoms with Gasteiger partial charge in [0.15, 0.2) is 23.3 Å². The van der Waals surface area contributed by atoms with E-state index >= 15 is 0 Å². The monoisotopic (exact) mass is 510 g/mol. The Morgan fingerprint density at radius 1 is 1.30 bits per heavy atom.